The molecule has 2 atom stereocenters. The van der Waals surface area contributed by atoms with Gasteiger partial charge in [0, 0.05) is 17.3 Å². The minimum absolute atomic E-state index is 0.571. The fourth-order valence-corrected chi connectivity index (χ4v) is 2.83. The number of nitrogens with one attached hydrogen (secondary N) is 2. The van der Waals surface area contributed by atoms with Crippen LogP contribution in [0.5, 0.6) is 0 Å². The Morgan fingerprint density at radius 2 is 2.11 bits per heavy atom. The average Bonchev–Trinajstić information content (AvgIpc) is 3.00. The highest BCUT2D eigenvalue weighted by atomic mass is 15.2. The number of hydrogen-bond acceptors (Lipinski definition) is 3. The predicted molar refractivity (Wildman–Crippen MR) is 77.0 cm³/mol. The molecule has 1 aliphatic rings. The van der Waals surface area contributed by atoms with Gasteiger partial charge in [0.1, 0.15) is 5.82 Å². The molecule has 1 aliphatic carbocycles. The summed E-state index contributed by atoms with van der Waals surface area (Å²) in [5.74, 6) is 2.35. The van der Waals surface area contributed by atoms with Crippen LogP contribution < -0.4 is 5.32 Å². The number of rotatable bonds is 3. The summed E-state index contributed by atoms with van der Waals surface area (Å²) in [6.45, 7) is 4.25. The van der Waals surface area contributed by atoms with Gasteiger partial charge in [0.05, 0.1) is 0 Å². The molecule has 2 aromatic rings. The normalized spacial score (nSPS) is 22.6. The molecule has 0 radical (unpaired) electrons. The van der Waals surface area contributed by atoms with Crippen molar-refractivity contribution in [2.24, 2.45) is 5.92 Å². The molecular weight excluding hydrogens is 236 g/mol. The van der Waals surface area contributed by atoms with E-state index >= 15 is 0 Å². The van der Waals surface area contributed by atoms with Gasteiger partial charge in [-0.25, -0.2) is 4.98 Å². The Balaban J connectivity index is 1.89. The van der Waals surface area contributed by atoms with Gasteiger partial charge in [-0.2, -0.15) is 5.10 Å². The lowest BCUT2D eigenvalue weighted by atomic mass is 10.0. The summed E-state index contributed by atoms with van der Waals surface area (Å²) in [6, 6.07) is 8.85. The Kier molecular flexibility index (Phi) is 3.23. The average molecular weight is 256 g/mol. The summed E-state index contributed by atoms with van der Waals surface area (Å²) in [6.07, 6.45) is 3.89. The van der Waals surface area contributed by atoms with Crippen molar-refractivity contribution in [3.8, 4) is 11.4 Å². The fraction of sp³-hybridized carbons (Fsp3) is 0.467. The van der Waals surface area contributed by atoms with Crippen LogP contribution in [0.2, 0.25) is 0 Å². The number of para-hydroxylation sites is 1. The molecule has 1 aromatic heterocycles. The Morgan fingerprint density at radius 1 is 1.26 bits per heavy atom. The predicted octanol–water partition coefficient (Wildman–Crippen LogP) is 3.38. The summed E-state index contributed by atoms with van der Waals surface area (Å²) < 4.78 is 0. The number of hydrogen-bond donors (Lipinski definition) is 2. The largest absolute Gasteiger partial charge is 0.381 e. The van der Waals surface area contributed by atoms with E-state index in [9.17, 15) is 0 Å². The molecule has 1 saturated carbocycles. The number of H-pyrrole nitrogens is 1. The zero-order valence-corrected chi connectivity index (χ0v) is 11.5. The van der Waals surface area contributed by atoms with Crippen molar-refractivity contribution in [3.05, 3.63) is 30.1 Å². The first-order chi connectivity index (χ1) is 9.24. The summed E-state index contributed by atoms with van der Waals surface area (Å²) in [4.78, 5) is 4.43. The molecule has 0 saturated heterocycles. The van der Waals surface area contributed by atoms with Crippen LogP contribution in [0.15, 0.2) is 24.3 Å². The molecule has 100 valence electrons. The topological polar surface area (TPSA) is 53.6 Å². The van der Waals surface area contributed by atoms with E-state index in [4.69, 9.17) is 0 Å². The molecule has 2 N–H and O–H groups in total. The minimum atomic E-state index is 0.571. The fourth-order valence-electron chi connectivity index (χ4n) is 2.83. The van der Waals surface area contributed by atoms with Gasteiger partial charge in [-0.1, -0.05) is 25.5 Å². The van der Waals surface area contributed by atoms with E-state index in [-0.39, 0.29) is 0 Å². The van der Waals surface area contributed by atoms with Crippen molar-refractivity contribution in [2.45, 2.75) is 39.2 Å². The summed E-state index contributed by atoms with van der Waals surface area (Å²) in [5.41, 5.74) is 2.21. The van der Waals surface area contributed by atoms with Gasteiger partial charge >= 0.3 is 0 Å². The zero-order valence-electron chi connectivity index (χ0n) is 11.5. The molecule has 2 unspecified atom stereocenters. The Hall–Kier alpha value is -1.84. The molecule has 1 fully saturated rings. The van der Waals surface area contributed by atoms with Gasteiger partial charge in [-0.05, 0) is 37.8 Å². The molecule has 0 amide bonds. The lowest BCUT2D eigenvalue weighted by Gasteiger charge is -2.20. The second-order valence-electron chi connectivity index (χ2n) is 5.45. The van der Waals surface area contributed by atoms with Crippen LogP contribution in [-0.4, -0.2) is 21.2 Å². The number of aromatic nitrogens is 3. The first-order valence-electron chi connectivity index (χ1n) is 6.99. The number of nitrogens with zero attached hydrogens (tertiary/aromatic N) is 2. The Morgan fingerprint density at radius 3 is 2.79 bits per heavy atom. The van der Waals surface area contributed by atoms with Crippen LogP contribution in [0.25, 0.3) is 11.4 Å². The van der Waals surface area contributed by atoms with Gasteiger partial charge in [-0.15, -0.1) is 0 Å². The molecule has 0 aliphatic heterocycles. The molecule has 1 aromatic carbocycles. The molecule has 0 spiro atoms. The van der Waals surface area contributed by atoms with Crippen LogP contribution in [0.4, 0.5) is 5.69 Å². The second-order valence-corrected chi connectivity index (χ2v) is 5.45. The van der Waals surface area contributed by atoms with E-state index in [2.05, 4.69) is 45.6 Å². The lowest BCUT2D eigenvalue weighted by Crippen LogP contribution is -2.22. The third kappa shape index (κ3) is 2.48. The molecular formula is C15H20N4. The zero-order chi connectivity index (χ0) is 13.2. The maximum absolute atomic E-state index is 4.43. The highest BCUT2D eigenvalue weighted by Gasteiger charge is 2.24. The van der Waals surface area contributed by atoms with Crippen molar-refractivity contribution in [1.29, 1.82) is 0 Å². The maximum atomic E-state index is 4.43. The summed E-state index contributed by atoms with van der Waals surface area (Å²) in [7, 11) is 0. The van der Waals surface area contributed by atoms with Crippen molar-refractivity contribution in [1.82, 2.24) is 15.2 Å². The number of benzene rings is 1. The third-order valence-electron chi connectivity index (χ3n) is 3.97. The minimum Gasteiger partial charge on any atom is -0.381 e. The van der Waals surface area contributed by atoms with E-state index in [1.807, 2.05) is 13.0 Å². The lowest BCUT2D eigenvalue weighted by molar-refractivity contribution is 0.556. The monoisotopic (exact) mass is 256 g/mol. The van der Waals surface area contributed by atoms with Gasteiger partial charge in [-0.3, -0.25) is 5.10 Å². The van der Waals surface area contributed by atoms with E-state index in [1.54, 1.807) is 0 Å². The van der Waals surface area contributed by atoms with Crippen LogP contribution in [-0.2, 0) is 0 Å². The molecule has 0 bridgehead atoms. The van der Waals surface area contributed by atoms with E-state index < -0.39 is 0 Å². The van der Waals surface area contributed by atoms with Gasteiger partial charge in [0.15, 0.2) is 5.82 Å². The van der Waals surface area contributed by atoms with Crippen molar-refractivity contribution < 1.29 is 0 Å². The highest BCUT2D eigenvalue weighted by Crippen LogP contribution is 2.31. The molecule has 19 heavy (non-hydrogen) atoms. The summed E-state index contributed by atoms with van der Waals surface area (Å²) in [5, 5.41) is 10.8. The van der Waals surface area contributed by atoms with Gasteiger partial charge in [0.2, 0.25) is 0 Å². The van der Waals surface area contributed by atoms with Crippen LogP contribution in [0, 0.1) is 12.8 Å². The van der Waals surface area contributed by atoms with Crippen LogP contribution in [0.3, 0.4) is 0 Å². The molecule has 1 heterocycles. The number of anilines is 1. The van der Waals surface area contributed by atoms with E-state index in [0.717, 1.165) is 28.8 Å². The quantitative estimate of drug-likeness (QED) is 0.885. The number of aromatic amines is 1. The number of aryl methyl sites for hydroxylation is 1. The molecule has 4 nitrogen and oxygen atoms in total. The van der Waals surface area contributed by atoms with Crippen LogP contribution in [0.1, 0.15) is 32.0 Å². The third-order valence-corrected chi connectivity index (χ3v) is 3.97. The van der Waals surface area contributed by atoms with Crippen LogP contribution >= 0.6 is 0 Å². The van der Waals surface area contributed by atoms with E-state index in [1.165, 1.54) is 19.3 Å². The van der Waals surface area contributed by atoms with Gasteiger partial charge in [0.25, 0.3) is 0 Å². The highest BCUT2D eigenvalue weighted by molar-refractivity contribution is 5.73. The van der Waals surface area contributed by atoms with Crippen molar-refractivity contribution >= 4 is 5.69 Å². The Bertz CT molecular complexity index is 561. The van der Waals surface area contributed by atoms with Crippen molar-refractivity contribution in [2.75, 3.05) is 5.32 Å². The van der Waals surface area contributed by atoms with Gasteiger partial charge < -0.3 is 5.32 Å². The Labute approximate surface area is 113 Å². The second kappa shape index (κ2) is 5.03. The molecule has 4 heteroatoms. The maximum Gasteiger partial charge on any atom is 0.183 e. The first kappa shape index (κ1) is 12.2. The summed E-state index contributed by atoms with van der Waals surface area (Å²) >= 11 is 0. The molecule has 3 rings (SSSR count). The van der Waals surface area contributed by atoms with Crippen molar-refractivity contribution in [3.63, 3.8) is 0 Å². The first-order valence-corrected chi connectivity index (χ1v) is 6.99. The smallest absolute Gasteiger partial charge is 0.183 e. The standard InChI is InChI=1S/C15H20N4/c1-10-6-5-9-13(10)17-14-8-4-3-7-12(14)15-16-11(2)18-19-15/h3-4,7-8,10,13,17H,5-6,9H2,1-2H3,(H,16,18,19). The van der Waals surface area contributed by atoms with E-state index in [0.29, 0.717) is 6.04 Å². The SMILES string of the molecule is Cc1nc(-c2ccccc2NC2CCCC2C)n[nH]1.